The zero-order valence-electron chi connectivity index (χ0n) is 13.4. The van der Waals surface area contributed by atoms with Gasteiger partial charge in [0.25, 0.3) is 0 Å². The van der Waals surface area contributed by atoms with Crippen LogP contribution in [-0.4, -0.2) is 52.4 Å². The maximum absolute atomic E-state index is 4.41. The van der Waals surface area contributed by atoms with E-state index in [1.54, 1.807) is 6.33 Å². The van der Waals surface area contributed by atoms with Crippen LogP contribution in [0.15, 0.2) is 6.33 Å². The number of aromatic nitrogens is 3. The standard InChI is InChI=1S/C15H29N5/c1-16-13(11-14-17-12-18-20(14)4)15(19(2)3)9-7-5-6-8-10-15/h12-13,16H,5-11H2,1-4H3. The lowest BCUT2D eigenvalue weighted by Crippen LogP contribution is -2.59. The maximum Gasteiger partial charge on any atom is 0.138 e. The van der Waals surface area contributed by atoms with E-state index < -0.39 is 0 Å². The minimum atomic E-state index is 0.233. The highest BCUT2D eigenvalue weighted by Crippen LogP contribution is 2.35. The molecule has 1 N–H and O–H groups in total. The number of nitrogens with zero attached hydrogens (tertiary/aromatic N) is 4. The molecule has 2 rings (SSSR count). The third-order valence-electron chi connectivity index (χ3n) is 5.05. The third-order valence-corrected chi connectivity index (χ3v) is 5.05. The normalized spacial score (nSPS) is 20.9. The van der Waals surface area contributed by atoms with Crippen LogP contribution in [0.2, 0.25) is 0 Å². The molecule has 0 saturated heterocycles. The zero-order chi connectivity index (χ0) is 14.6. The fourth-order valence-corrected chi connectivity index (χ4v) is 3.70. The number of rotatable bonds is 5. The Labute approximate surface area is 122 Å². The molecule has 20 heavy (non-hydrogen) atoms. The van der Waals surface area contributed by atoms with Gasteiger partial charge < -0.3 is 10.2 Å². The van der Waals surface area contributed by atoms with Gasteiger partial charge in [-0.05, 0) is 34.0 Å². The van der Waals surface area contributed by atoms with Gasteiger partial charge >= 0.3 is 0 Å². The van der Waals surface area contributed by atoms with Crippen LogP contribution in [0.4, 0.5) is 0 Å². The number of hydrogen-bond donors (Lipinski definition) is 1. The molecular weight excluding hydrogens is 250 g/mol. The van der Waals surface area contributed by atoms with Crippen molar-refractivity contribution in [3.63, 3.8) is 0 Å². The first kappa shape index (κ1) is 15.4. The van der Waals surface area contributed by atoms with E-state index in [1.165, 1.54) is 38.5 Å². The largest absolute Gasteiger partial charge is 0.315 e. The SMILES string of the molecule is CNC(Cc1ncnn1C)C1(N(C)C)CCCCCC1. The summed E-state index contributed by atoms with van der Waals surface area (Å²) in [5.41, 5.74) is 0.233. The van der Waals surface area contributed by atoms with Crippen molar-refractivity contribution in [1.29, 1.82) is 0 Å². The van der Waals surface area contributed by atoms with Crippen LogP contribution in [0.1, 0.15) is 44.3 Å². The van der Waals surface area contributed by atoms with E-state index in [9.17, 15) is 0 Å². The highest BCUT2D eigenvalue weighted by Gasteiger charge is 2.40. The number of nitrogens with one attached hydrogen (secondary N) is 1. The fourth-order valence-electron chi connectivity index (χ4n) is 3.70. The molecule has 1 aromatic heterocycles. The molecular formula is C15H29N5. The van der Waals surface area contributed by atoms with Crippen molar-refractivity contribution < 1.29 is 0 Å². The Kier molecular flexibility index (Phi) is 5.16. The lowest BCUT2D eigenvalue weighted by atomic mass is 9.79. The van der Waals surface area contributed by atoms with Gasteiger partial charge in [0.1, 0.15) is 12.2 Å². The quantitative estimate of drug-likeness (QED) is 0.832. The van der Waals surface area contributed by atoms with E-state index in [0.29, 0.717) is 6.04 Å². The van der Waals surface area contributed by atoms with Crippen molar-refractivity contribution >= 4 is 0 Å². The van der Waals surface area contributed by atoms with Gasteiger partial charge in [0.15, 0.2) is 0 Å². The second-order valence-electron chi connectivity index (χ2n) is 6.26. The van der Waals surface area contributed by atoms with E-state index in [0.717, 1.165) is 12.2 Å². The van der Waals surface area contributed by atoms with E-state index >= 15 is 0 Å². The lowest BCUT2D eigenvalue weighted by molar-refractivity contribution is 0.0823. The fraction of sp³-hybridized carbons (Fsp3) is 0.867. The van der Waals surface area contributed by atoms with Gasteiger partial charge in [-0.2, -0.15) is 5.10 Å². The van der Waals surface area contributed by atoms with Gasteiger partial charge in [0.05, 0.1) is 0 Å². The van der Waals surface area contributed by atoms with Gasteiger partial charge in [-0.15, -0.1) is 0 Å². The van der Waals surface area contributed by atoms with E-state index in [1.807, 2.05) is 11.7 Å². The summed E-state index contributed by atoms with van der Waals surface area (Å²) in [7, 11) is 8.51. The van der Waals surface area contributed by atoms with Crippen LogP contribution in [0.25, 0.3) is 0 Å². The number of aryl methyl sites for hydroxylation is 1. The summed E-state index contributed by atoms with van der Waals surface area (Å²) in [6.07, 6.45) is 10.5. The van der Waals surface area contributed by atoms with E-state index in [4.69, 9.17) is 0 Å². The van der Waals surface area contributed by atoms with Crippen LogP contribution in [0, 0.1) is 0 Å². The summed E-state index contributed by atoms with van der Waals surface area (Å²) >= 11 is 0. The minimum Gasteiger partial charge on any atom is -0.315 e. The molecule has 1 heterocycles. The summed E-state index contributed by atoms with van der Waals surface area (Å²) in [5.74, 6) is 1.06. The molecule has 5 nitrogen and oxygen atoms in total. The minimum absolute atomic E-state index is 0.233. The first-order chi connectivity index (χ1) is 9.60. The molecule has 0 radical (unpaired) electrons. The van der Waals surface area contributed by atoms with E-state index in [-0.39, 0.29) is 5.54 Å². The summed E-state index contributed by atoms with van der Waals surface area (Å²) in [6.45, 7) is 0. The Morgan fingerprint density at radius 3 is 2.40 bits per heavy atom. The second kappa shape index (κ2) is 6.68. The Hall–Kier alpha value is -0.940. The van der Waals surface area contributed by atoms with Crippen LogP contribution < -0.4 is 5.32 Å². The summed E-state index contributed by atoms with van der Waals surface area (Å²) < 4.78 is 1.89. The molecule has 1 aliphatic carbocycles. The van der Waals surface area contributed by atoms with Crippen LogP contribution >= 0.6 is 0 Å². The Morgan fingerprint density at radius 1 is 1.30 bits per heavy atom. The van der Waals surface area contributed by atoms with Crippen molar-refractivity contribution in [1.82, 2.24) is 25.0 Å². The summed E-state index contributed by atoms with van der Waals surface area (Å²) in [6, 6.07) is 0.415. The van der Waals surface area contributed by atoms with Gasteiger partial charge in [-0.3, -0.25) is 4.68 Å². The number of likely N-dealkylation sites (N-methyl/N-ethyl adjacent to an activating group) is 2. The smallest absolute Gasteiger partial charge is 0.138 e. The highest BCUT2D eigenvalue weighted by molar-refractivity contribution is 5.04. The third kappa shape index (κ3) is 3.04. The Morgan fingerprint density at radius 2 is 1.95 bits per heavy atom. The van der Waals surface area contributed by atoms with Crippen molar-refractivity contribution in [2.24, 2.45) is 7.05 Å². The number of hydrogen-bond acceptors (Lipinski definition) is 4. The molecule has 1 saturated carbocycles. The van der Waals surface area contributed by atoms with Gasteiger partial charge in [0.2, 0.25) is 0 Å². The van der Waals surface area contributed by atoms with Crippen molar-refractivity contribution in [3.8, 4) is 0 Å². The van der Waals surface area contributed by atoms with Crippen LogP contribution in [-0.2, 0) is 13.5 Å². The van der Waals surface area contributed by atoms with Crippen molar-refractivity contribution in [2.75, 3.05) is 21.1 Å². The molecule has 0 spiro atoms. The molecule has 1 fully saturated rings. The molecule has 0 aromatic carbocycles. The van der Waals surface area contributed by atoms with Gasteiger partial charge in [-0.25, -0.2) is 4.98 Å². The second-order valence-corrected chi connectivity index (χ2v) is 6.26. The predicted molar refractivity (Wildman–Crippen MR) is 81.7 cm³/mol. The molecule has 1 aliphatic rings. The summed E-state index contributed by atoms with van der Waals surface area (Å²) in [5, 5.41) is 7.76. The molecule has 0 amide bonds. The van der Waals surface area contributed by atoms with E-state index in [2.05, 4.69) is 41.4 Å². The molecule has 5 heteroatoms. The summed E-state index contributed by atoms with van der Waals surface area (Å²) in [4.78, 5) is 6.85. The molecule has 0 bridgehead atoms. The average Bonchev–Trinajstić information content (AvgIpc) is 2.68. The Balaban J connectivity index is 2.22. The average molecular weight is 279 g/mol. The Bertz CT molecular complexity index is 404. The molecule has 1 unspecified atom stereocenters. The molecule has 0 aliphatic heterocycles. The highest BCUT2D eigenvalue weighted by atomic mass is 15.3. The monoisotopic (exact) mass is 279 g/mol. The van der Waals surface area contributed by atoms with Crippen molar-refractivity contribution in [2.45, 2.75) is 56.5 Å². The van der Waals surface area contributed by atoms with Crippen LogP contribution in [0.3, 0.4) is 0 Å². The zero-order valence-corrected chi connectivity index (χ0v) is 13.4. The van der Waals surface area contributed by atoms with Crippen LogP contribution in [0.5, 0.6) is 0 Å². The van der Waals surface area contributed by atoms with Crippen molar-refractivity contribution in [3.05, 3.63) is 12.2 Å². The maximum atomic E-state index is 4.41. The topological polar surface area (TPSA) is 46.0 Å². The first-order valence-electron chi connectivity index (χ1n) is 7.78. The molecule has 114 valence electrons. The van der Waals surface area contributed by atoms with Gasteiger partial charge in [0, 0.05) is 25.0 Å². The molecule has 1 aromatic rings. The van der Waals surface area contributed by atoms with Gasteiger partial charge in [-0.1, -0.05) is 25.7 Å². The first-order valence-corrected chi connectivity index (χ1v) is 7.78. The predicted octanol–water partition coefficient (Wildman–Crippen LogP) is 1.60. The molecule has 1 atom stereocenters. The lowest BCUT2D eigenvalue weighted by Gasteiger charge is -2.45.